The van der Waals surface area contributed by atoms with Crippen LogP contribution in [0.4, 0.5) is 10.1 Å². The molecule has 0 unspecified atom stereocenters. The predicted molar refractivity (Wildman–Crippen MR) is 78.3 cm³/mol. The zero-order valence-corrected chi connectivity index (χ0v) is 12.3. The molecule has 5 nitrogen and oxygen atoms in total. The van der Waals surface area contributed by atoms with Crippen molar-refractivity contribution in [2.24, 2.45) is 0 Å². The molecular formula is C15H20FN3O2. The van der Waals surface area contributed by atoms with Gasteiger partial charge in [0.1, 0.15) is 5.82 Å². The van der Waals surface area contributed by atoms with Crippen molar-refractivity contribution in [2.75, 3.05) is 31.5 Å². The van der Waals surface area contributed by atoms with Gasteiger partial charge < -0.3 is 10.2 Å². The molecule has 1 heterocycles. The number of hydrogen-bond acceptors (Lipinski definition) is 3. The number of halogens is 1. The molecule has 1 aliphatic rings. The number of benzene rings is 1. The Morgan fingerprint density at radius 2 is 1.81 bits per heavy atom. The number of anilines is 1. The van der Waals surface area contributed by atoms with Crippen molar-refractivity contribution >= 4 is 17.5 Å². The fourth-order valence-electron chi connectivity index (χ4n) is 2.39. The van der Waals surface area contributed by atoms with Crippen molar-refractivity contribution in [1.82, 2.24) is 9.80 Å². The van der Waals surface area contributed by atoms with Crippen LogP contribution < -0.4 is 5.32 Å². The first-order valence-electron chi connectivity index (χ1n) is 7.04. The highest BCUT2D eigenvalue weighted by molar-refractivity contribution is 5.94. The summed E-state index contributed by atoms with van der Waals surface area (Å²) in [5.41, 5.74) is 0.191. The number of rotatable bonds is 3. The zero-order chi connectivity index (χ0) is 15.4. The Morgan fingerprint density at radius 3 is 2.38 bits per heavy atom. The maximum Gasteiger partial charge on any atom is 0.241 e. The van der Waals surface area contributed by atoms with Crippen molar-refractivity contribution in [3.05, 3.63) is 30.1 Å². The maximum absolute atomic E-state index is 13.5. The van der Waals surface area contributed by atoms with Gasteiger partial charge >= 0.3 is 0 Å². The van der Waals surface area contributed by atoms with Crippen LogP contribution in [-0.4, -0.2) is 53.8 Å². The van der Waals surface area contributed by atoms with Crippen LogP contribution in [0.1, 0.15) is 13.8 Å². The van der Waals surface area contributed by atoms with Gasteiger partial charge in [-0.1, -0.05) is 12.1 Å². The van der Waals surface area contributed by atoms with Crippen LogP contribution in [-0.2, 0) is 9.59 Å². The molecule has 1 N–H and O–H groups in total. The first-order chi connectivity index (χ1) is 9.99. The van der Waals surface area contributed by atoms with Crippen LogP contribution in [0.3, 0.4) is 0 Å². The van der Waals surface area contributed by atoms with E-state index in [0.29, 0.717) is 26.2 Å². The van der Waals surface area contributed by atoms with Crippen LogP contribution in [0.15, 0.2) is 24.3 Å². The SMILES string of the molecule is CC(=O)N1CCN([C@@H](C)C(=O)Nc2ccccc2F)CC1. The van der Waals surface area contributed by atoms with E-state index in [0.717, 1.165) is 0 Å². The molecule has 2 rings (SSSR count). The molecule has 1 saturated heterocycles. The van der Waals surface area contributed by atoms with Crippen molar-refractivity contribution in [3.63, 3.8) is 0 Å². The van der Waals surface area contributed by atoms with Crippen LogP contribution in [0, 0.1) is 5.82 Å². The van der Waals surface area contributed by atoms with Crippen molar-refractivity contribution in [2.45, 2.75) is 19.9 Å². The van der Waals surface area contributed by atoms with Gasteiger partial charge in [0.05, 0.1) is 11.7 Å². The number of amides is 2. The third kappa shape index (κ3) is 3.78. The number of para-hydroxylation sites is 1. The van der Waals surface area contributed by atoms with Crippen molar-refractivity contribution < 1.29 is 14.0 Å². The quantitative estimate of drug-likeness (QED) is 0.914. The molecule has 0 saturated carbocycles. The minimum Gasteiger partial charge on any atom is -0.340 e. The molecule has 6 heteroatoms. The van der Waals surface area contributed by atoms with Crippen LogP contribution in [0.25, 0.3) is 0 Å². The molecule has 1 fully saturated rings. The third-order valence-electron chi connectivity index (χ3n) is 3.82. The fourth-order valence-corrected chi connectivity index (χ4v) is 2.39. The Bertz CT molecular complexity index is 527. The lowest BCUT2D eigenvalue weighted by Gasteiger charge is -2.37. The normalized spacial score (nSPS) is 17.4. The Balaban J connectivity index is 1.92. The molecule has 0 bridgehead atoms. The van der Waals surface area contributed by atoms with Gasteiger partial charge in [-0.15, -0.1) is 0 Å². The van der Waals surface area contributed by atoms with E-state index in [2.05, 4.69) is 5.32 Å². The van der Waals surface area contributed by atoms with Crippen molar-refractivity contribution in [3.8, 4) is 0 Å². The fraction of sp³-hybridized carbons (Fsp3) is 0.467. The summed E-state index contributed by atoms with van der Waals surface area (Å²) in [5.74, 6) is -0.631. The number of carbonyl (C=O) groups excluding carboxylic acids is 2. The summed E-state index contributed by atoms with van der Waals surface area (Å²) in [6, 6.07) is 5.74. The Labute approximate surface area is 123 Å². The van der Waals surface area contributed by atoms with E-state index in [1.165, 1.54) is 12.1 Å². The van der Waals surface area contributed by atoms with Gasteiger partial charge in [-0.05, 0) is 19.1 Å². The second kappa shape index (κ2) is 6.67. The van der Waals surface area contributed by atoms with E-state index in [4.69, 9.17) is 0 Å². The maximum atomic E-state index is 13.5. The van der Waals surface area contributed by atoms with Crippen LogP contribution >= 0.6 is 0 Å². The molecule has 1 aliphatic heterocycles. The molecule has 1 atom stereocenters. The number of nitrogens with zero attached hydrogens (tertiary/aromatic N) is 2. The summed E-state index contributed by atoms with van der Waals surface area (Å²) in [6.45, 7) is 5.86. The minimum atomic E-state index is -0.445. The highest BCUT2D eigenvalue weighted by Gasteiger charge is 2.26. The van der Waals surface area contributed by atoms with Gasteiger partial charge in [0.25, 0.3) is 0 Å². The van der Waals surface area contributed by atoms with E-state index in [1.54, 1.807) is 30.9 Å². The van der Waals surface area contributed by atoms with Gasteiger partial charge in [0.2, 0.25) is 11.8 Å². The summed E-state index contributed by atoms with van der Waals surface area (Å²) in [5, 5.41) is 2.61. The monoisotopic (exact) mass is 293 g/mol. The molecule has 0 radical (unpaired) electrons. The van der Waals surface area contributed by atoms with Gasteiger partial charge in [-0.3, -0.25) is 14.5 Å². The lowest BCUT2D eigenvalue weighted by Crippen LogP contribution is -2.53. The van der Waals surface area contributed by atoms with Gasteiger partial charge in [-0.2, -0.15) is 0 Å². The number of nitrogens with one attached hydrogen (secondary N) is 1. The van der Waals surface area contributed by atoms with E-state index < -0.39 is 5.82 Å². The minimum absolute atomic E-state index is 0.0538. The zero-order valence-electron chi connectivity index (χ0n) is 12.3. The number of carbonyl (C=O) groups is 2. The molecule has 114 valence electrons. The van der Waals surface area contributed by atoms with Crippen LogP contribution in [0.2, 0.25) is 0 Å². The molecular weight excluding hydrogens is 273 g/mol. The summed E-state index contributed by atoms with van der Waals surface area (Å²) in [7, 11) is 0. The lowest BCUT2D eigenvalue weighted by molar-refractivity contribution is -0.131. The number of hydrogen-bond donors (Lipinski definition) is 1. The molecule has 0 aromatic heterocycles. The van der Waals surface area contributed by atoms with E-state index in [-0.39, 0.29) is 23.5 Å². The summed E-state index contributed by atoms with van der Waals surface area (Å²) in [6.07, 6.45) is 0. The Hall–Kier alpha value is -1.95. The topological polar surface area (TPSA) is 52.7 Å². The third-order valence-corrected chi connectivity index (χ3v) is 3.82. The average Bonchev–Trinajstić information content (AvgIpc) is 2.49. The van der Waals surface area contributed by atoms with Gasteiger partial charge in [0, 0.05) is 33.1 Å². The molecule has 2 amide bonds. The van der Waals surface area contributed by atoms with E-state index in [9.17, 15) is 14.0 Å². The summed E-state index contributed by atoms with van der Waals surface area (Å²) in [4.78, 5) is 27.2. The lowest BCUT2D eigenvalue weighted by atomic mass is 10.2. The molecule has 1 aromatic rings. The van der Waals surface area contributed by atoms with Gasteiger partial charge in [0.15, 0.2) is 0 Å². The standard InChI is InChI=1S/C15H20FN3O2/c1-11(18-7-9-19(10-8-18)12(2)20)15(21)17-14-6-4-3-5-13(14)16/h3-6,11H,7-10H2,1-2H3,(H,17,21)/t11-/m0/s1. The largest absolute Gasteiger partial charge is 0.340 e. The molecule has 21 heavy (non-hydrogen) atoms. The highest BCUT2D eigenvalue weighted by Crippen LogP contribution is 2.14. The Morgan fingerprint density at radius 1 is 1.19 bits per heavy atom. The van der Waals surface area contributed by atoms with E-state index >= 15 is 0 Å². The molecule has 0 aliphatic carbocycles. The molecule has 0 spiro atoms. The average molecular weight is 293 g/mol. The first-order valence-corrected chi connectivity index (χ1v) is 7.04. The van der Waals surface area contributed by atoms with Crippen LogP contribution in [0.5, 0.6) is 0 Å². The second-order valence-corrected chi connectivity index (χ2v) is 5.19. The second-order valence-electron chi connectivity index (χ2n) is 5.19. The summed E-state index contributed by atoms with van der Waals surface area (Å²) < 4.78 is 13.5. The Kier molecular flexibility index (Phi) is 4.90. The smallest absolute Gasteiger partial charge is 0.241 e. The van der Waals surface area contributed by atoms with E-state index in [1.807, 2.05) is 4.90 Å². The first kappa shape index (κ1) is 15.4. The summed E-state index contributed by atoms with van der Waals surface area (Å²) >= 11 is 0. The number of piperazine rings is 1. The highest BCUT2D eigenvalue weighted by atomic mass is 19.1. The van der Waals surface area contributed by atoms with Crippen molar-refractivity contribution in [1.29, 1.82) is 0 Å². The predicted octanol–water partition coefficient (Wildman–Crippen LogP) is 1.32. The molecule has 1 aromatic carbocycles. The van der Waals surface area contributed by atoms with Gasteiger partial charge in [-0.25, -0.2) is 4.39 Å².